The van der Waals surface area contributed by atoms with Gasteiger partial charge in [-0.3, -0.25) is 4.79 Å². The van der Waals surface area contributed by atoms with E-state index >= 15 is 0 Å². The molecule has 0 heterocycles. The summed E-state index contributed by atoms with van der Waals surface area (Å²) in [6, 6.07) is 5.39. The van der Waals surface area contributed by atoms with Gasteiger partial charge in [-0.25, -0.2) is 0 Å². The predicted octanol–water partition coefficient (Wildman–Crippen LogP) is 2.02. The first-order chi connectivity index (χ1) is 8.15. The summed E-state index contributed by atoms with van der Waals surface area (Å²) in [6.45, 7) is 0. The van der Waals surface area contributed by atoms with Crippen LogP contribution in [-0.2, 0) is 21.8 Å². The maximum Gasteiger partial charge on any atom is 0.309 e. The number of nitrogens with zero attached hydrogens (tertiary/aromatic N) is 1. The first-order valence-electron chi connectivity index (χ1n) is 4.89. The molecule has 0 atom stereocenters. The number of carbonyl (C=O) groups excluding carboxylic acids is 1. The van der Waals surface area contributed by atoms with E-state index < -0.39 is 0 Å². The minimum absolute atomic E-state index is 0.127. The molecule has 0 saturated heterocycles. The molecule has 4 nitrogen and oxygen atoms in total. The third kappa shape index (κ3) is 3.11. The molecule has 0 unspecified atom stereocenters. The molecule has 1 rings (SSSR count). The van der Waals surface area contributed by atoms with Gasteiger partial charge in [-0.2, -0.15) is 5.26 Å². The fraction of sp³-hybridized carbons (Fsp3) is 0.333. The zero-order valence-electron chi connectivity index (χ0n) is 9.62. The molecule has 0 saturated carbocycles. The van der Waals surface area contributed by atoms with Gasteiger partial charge in [0.2, 0.25) is 0 Å². The summed E-state index contributed by atoms with van der Waals surface area (Å²) in [7, 11) is 2.79. The van der Waals surface area contributed by atoms with E-state index in [1.807, 2.05) is 6.07 Å². The molecule has 0 N–H and O–H groups in total. The van der Waals surface area contributed by atoms with Crippen molar-refractivity contribution in [2.75, 3.05) is 14.2 Å². The van der Waals surface area contributed by atoms with E-state index in [4.69, 9.17) is 21.6 Å². The van der Waals surface area contributed by atoms with Crippen molar-refractivity contribution in [3.05, 3.63) is 28.8 Å². The highest BCUT2D eigenvalue weighted by Crippen LogP contribution is 2.25. The van der Waals surface area contributed by atoms with Crippen molar-refractivity contribution in [2.24, 2.45) is 0 Å². The fourth-order valence-corrected chi connectivity index (χ4v) is 1.68. The number of alkyl halides is 1. The Bertz CT molecular complexity index is 440. The Morgan fingerprint density at radius 2 is 2.18 bits per heavy atom. The highest BCUT2D eigenvalue weighted by molar-refractivity contribution is 6.17. The molecule has 90 valence electrons. The van der Waals surface area contributed by atoms with E-state index in [0.717, 1.165) is 0 Å². The van der Waals surface area contributed by atoms with Crippen molar-refractivity contribution >= 4 is 17.6 Å². The SMILES string of the molecule is COC(=O)Cc1cc(CCl)c(C#N)c(OC)c1. The highest BCUT2D eigenvalue weighted by Gasteiger charge is 2.12. The maximum absolute atomic E-state index is 11.2. The number of esters is 1. The molecule has 5 heteroatoms. The second-order valence-electron chi connectivity index (χ2n) is 3.33. The lowest BCUT2D eigenvalue weighted by atomic mass is 10.0. The highest BCUT2D eigenvalue weighted by atomic mass is 35.5. The van der Waals surface area contributed by atoms with Gasteiger partial charge >= 0.3 is 5.97 Å². The Labute approximate surface area is 105 Å². The van der Waals surface area contributed by atoms with E-state index in [0.29, 0.717) is 22.4 Å². The number of hydrogen-bond donors (Lipinski definition) is 0. The van der Waals surface area contributed by atoms with Gasteiger partial charge in [0.25, 0.3) is 0 Å². The molecule has 1 aromatic rings. The van der Waals surface area contributed by atoms with Crippen LogP contribution in [0.1, 0.15) is 16.7 Å². The third-order valence-corrected chi connectivity index (χ3v) is 2.58. The summed E-state index contributed by atoms with van der Waals surface area (Å²) in [4.78, 5) is 11.2. The molecule has 17 heavy (non-hydrogen) atoms. The minimum Gasteiger partial charge on any atom is -0.495 e. The van der Waals surface area contributed by atoms with Crippen molar-refractivity contribution in [3.8, 4) is 11.8 Å². The van der Waals surface area contributed by atoms with Gasteiger partial charge in [0.05, 0.1) is 26.2 Å². The van der Waals surface area contributed by atoms with E-state index in [2.05, 4.69) is 4.74 Å². The standard InChI is InChI=1S/C12H12ClNO3/c1-16-11-4-8(5-12(15)17-2)3-9(6-13)10(11)7-14/h3-4H,5-6H2,1-2H3. The largest absolute Gasteiger partial charge is 0.495 e. The second kappa shape index (κ2) is 6.12. The summed E-state index contributed by atoms with van der Waals surface area (Å²) in [5, 5.41) is 9.00. The third-order valence-electron chi connectivity index (χ3n) is 2.30. The molecule has 0 aromatic heterocycles. The first-order valence-corrected chi connectivity index (χ1v) is 5.42. The molecule has 1 aromatic carbocycles. The smallest absolute Gasteiger partial charge is 0.309 e. The molecule has 0 aliphatic heterocycles. The van der Waals surface area contributed by atoms with E-state index in [-0.39, 0.29) is 18.3 Å². The van der Waals surface area contributed by atoms with Crippen LogP contribution in [0.5, 0.6) is 5.75 Å². The number of nitriles is 1. The van der Waals surface area contributed by atoms with Crippen LogP contribution in [0.2, 0.25) is 0 Å². The van der Waals surface area contributed by atoms with Crippen LogP contribution in [0, 0.1) is 11.3 Å². The Hall–Kier alpha value is -1.73. The molecule has 0 aliphatic rings. The summed E-state index contributed by atoms with van der Waals surface area (Å²) >= 11 is 5.76. The normalized spacial score (nSPS) is 9.53. The Balaban J connectivity index is 3.19. The number of carbonyl (C=O) groups is 1. The zero-order valence-corrected chi connectivity index (χ0v) is 10.4. The number of benzene rings is 1. The van der Waals surface area contributed by atoms with Gasteiger partial charge in [0.15, 0.2) is 0 Å². The minimum atomic E-state index is -0.350. The Morgan fingerprint density at radius 1 is 1.47 bits per heavy atom. The zero-order chi connectivity index (χ0) is 12.8. The summed E-state index contributed by atoms with van der Waals surface area (Å²) in [5.41, 5.74) is 1.76. The molecule has 0 fully saturated rings. The number of rotatable bonds is 4. The topological polar surface area (TPSA) is 59.3 Å². The molecule has 0 amide bonds. The fourth-order valence-electron chi connectivity index (χ4n) is 1.47. The van der Waals surface area contributed by atoms with Gasteiger partial charge in [-0.15, -0.1) is 11.6 Å². The van der Waals surface area contributed by atoms with Crippen molar-refractivity contribution in [3.63, 3.8) is 0 Å². The lowest BCUT2D eigenvalue weighted by molar-refractivity contribution is -0.139. The van der Waals surface area contributed by atoms with Crippen LogP contribution in [0.25, 0.3) is 0 Å². The Kier molecular flexibility index (Phi) is 4.80. The first kappa shape index (κ1) is 13.3. The number of halogens is 1. The predicted molar refractivity (Wildman–Crippen MR) is 63.0 cm³/mol. The van der Waals surface area contributed by atoms with Crippen LogP contribution in [0.15, 0.2) is 12.1 Å². The van der Waals surface area contributed by atoms with Crippen LogP contribution in [0.4, 0.5) is 0 Å². The van der Waals surface area contributed by atoms with Gasteiger partial charge in [-0.05, 0) is 17.2 Å². The monoisotopic (exact) mass is 253 g/mol. The van der Waals surface area contributed by atoms with Crippen LogP contribution < -0.4 is 4.74 Å². The Morgan fingerprint density at radius 3 is 2.65 bits per heavy atom. The van der Waals surface area contributed by atoms with Gasteiger partial charge in [0.1, 0.15) is 11.8 Å². The number of methoxy groups -OCH3 is 2. The van der Waals surface area contributed by atoms with Gasteiger partial charge in [0, 0.05) is 5.88 Å². The average molecular weight is 254 g/mol. The van der Waals surface area contributed by atoms with Gasteiger partial charge in [-0.1, -0.05) is 6.07 Å². The summed E-state index contributed by atoms with van der Waals surface area (Å²) in [5.74, 6) is 0.260. The molecule has 0 aliphatic carbocycles. The molecule has 0 bridgehead atoms. The van der Waals surface area contributed by atoms with Crippen LogP contribution >= 0.6 is 11.6 Å². The van der Waals surface area contributed by atoms with E-state index in [9.17, 15) is 4.79 Å². The average Bonchev–Trinajstić information content (AvgIpc) is 2.37. The van der Waals surface area contributed by atoms with Crippen LogP contribution in [0.3, 0.4) is 0 Å². The quantitative estimate of drug-likeness (QED) is 0.608. The van der Waals surface area contributed by atoms with Crippen molar-refractivity contribution in [1.29, 1.82) is 5.26 Å². The van der Waals surface area contributed by atoms with E-state index in [1.165, 1.54) is 14.2 Å². The number of hydrogen-bond acceptors (Lipinski definition) is 4. The summed E-state index contributed by atoms with van der Waals surface area (Å²) < 4.78 is 9.68. The molecule has 0 spiro atoms. The van der Waals surface area contributed by atoms with Crippen LogP contribution in [-0.4, -0.2) is 20.2 Å². The molecular formula is C12H12ClNO3. The van der Waals surface area contributed by atoms with Crippen molar-refractivity contribution in [2.45, 2.75) is 12.3 Å². The lowest BCUT2D eigenvalue weighted by Gasteiger charge is -2.09. The number of ether oxygens (including phenoxy) is 2. The maximum atomic E-state index is 11.2. The lowest BCUT2D eigenvalue weighted by Crippen LogP contribution is -2.06. The molecule has 0 radical (unpaired) electrons. The van der Waals surface area contributed by atoms with Gasteiger partial charge < -0.3 is 9.47 Å². The second-order valence-corrected chi connectivity index (χ2v) is 3.60. The molecular weight excluding hydrogens is 242 g/mol. The van der Waals surface area contributed by atoms with Crippen molar-refractivity contribution < 1.29 is 14.3 Å². The summed E-state index contributed by atoms with van der Waals surface area (Å²) in [6.07, 6.45) is 0.127. The van der Waals surface area contributed by atoms with Crippen molar-refractivity contribution in [1.82, 2.24) is 0 Å². The van der Waals surface area contributed by atoms with E-state index in [1.54, 1.807) is 12.1 Å².